The third-order valence-electron chi connectivity index (χ3n) is 4.38. The van der Waals surface area contributed by atoms with E-state index in [2.05, 4.69) is 20.3 Å². The lowest BCUT2D eigenvalue weighted by Crippen LogP contribution is -2.38. The zero-order valence-corrected chi connectivity index (χ0v) is 13.5. The number of amides is 1. The van der Waals surface area contributed by atoms with E-state index >= 15 is 0 Å². The van der Waals surface area contributed by atoms with Crippen molar-refractivity contribution in [3.63, 3.8) is 0 Å². The fourth-order valence-corrected chi connectivity index (χ4v) is 3.04. The zero-order chi connectivity index (χ0) is 16.5. The van der Waals surface area contributed by atoms with E-state index in [0.29, 0.717) is 11.8 Å². The summed E-state index contributed by atoms with van der Waals surface area (Å²) in [5.41, 5.74) is 1.66. The van der Waals surface area contributed by atoms with Gasteiger partial charge in [0.1, 0.15) is 5.52 Å². The van der Waals surface area contributed by atoms with E-state index < -0.39 is 0 Å². The average molecular weight is 325 g/mol. The number of fused-ring (bicyclic) bond motifs is 1. The number of anilines is 2. The van der Waals surface area contributed by atoms with Gasteiger partial charge in [-0.25, -0.2) is 0 Å². The highest BCUT2D eigenvalue weighted by molar-refractivity contribution is 5.91. The third kappa shape index (κ3) is 2.84. The summed E-state index contributed by atoms with van der Waals surface area (Å²) in [6.45, 7) is 1.51. The molecule has 1 fully saturated rings. The summed E-state index contributed by atoms with van der Waals surface area (Å²) in [6.07, 6.45) is 3.36. The predicted molar refractivity (Wildman–Crippen MR) is 90.8 cm³/mol. The smallest absolute Gasteiger partial charge is 0.298 e. The number of rotatable bonds is 3. The molecular formula is C17H19N5O2. The van der Waals surface area contributed by atoms with Gasteiger partial charge in [0.05, 0.1) is 0 Å². The van der Waals surface area contributed by atoms with Crippen molar-refractivity contribution in [1.29, 1.82) is 0 Å². The Kier molecular flexibility index (Phi) is 3.68. The van der Waals surface area contributed by atoms with Gasteiger partial charge < -0.3 is 14.6 Å². The minimum absolute atomic E-state index is 0.00682. The van der Waals surface area contributed by atoms with Gasteiger partial charge in [-0.05, 0) is 25.0 Å². The number of oxazole rings is 1. The van der Waals surface area contributed by atoms with Gasteiger partial charge >= 0.3 is 0 Å². The molecule has 0 radical (unpaired) electrons. The molecule has 1 amide bonds. The van der Waals surface area contributed by atoms with Crippen LogP contribution >= 0.6 is 0 Å². The van der Waals surface area contributed by atoms with E-state index in [1.807, 2.05) is 37.5 Å². The highest BCUT2D eigenvalue weighted by Crippen LogP contribution is 2.26. The molecule has 0 atom stereocenters. The first-order chi connectivity index (χ1) is 11.7. The Morgan fingerprint density at radius 3 is 2.75 bits per heavy atom. The lowest BCUT2D eigenvalue weighted by Gasteiger charge is -2.29. The SMILES string of the molecule is Cn1ccc(NC(=O)C2CCN(c3nc4ccccc4o3)CC2)n1. The first-order valence-corrected chi connectivity index (χ1v) is 8.10. The number of aryl methyl sites for hydroxylation is 1. The summed E-state index contributed by atoms with van der Waals surface area (Å²) in [6, 6.07) is 10.2. The molecule has 7 heteroatoms. The Hall–Kier alpha value is -2.83. The van der Waals surface area contributed by atoms with Gasteiger partial charge in [0, 0.05) is 38.3 Å². The topological polar surface area (TPSA) is 76.2 Å². The van der Waals surface area contributed by atoms with Crippen molar-refractivity contribution in [2.45, 2.75) is 12.8 Å². The summed E-state index contributed by atoms with van der Waals surface area (Å²) in [7, 11) is 1.83. The molecule has 1 N–H and O–H groups in total. The summed E-state index contributed by atoms with van der Waals surface area (Å²) in [5.74, 6) is 0.627. The minimum atomic E-state index is -0.00682. The van der Waals surface area contributed by atoms with E-state index in [1.54, 1.807) is 10.7 Å². The second kappa shape index (κ2) is 5.99. The standard InChI is InChI=1S/C17H19N5O2/c1-21-9-8-15(20-21)19-16(23)12-6-10-22(11-7-12)17-18-13-4-2-3-5-14(13)24-17/h2-5,8-9,12H,6-7,10-11H2,1H3,(H,19,20,23). The number of nitrogens with one attached hydrogen (secondary N) is 1. The van der Waals surface area contributed by atoms with Crippen molar-refractivity contribution in [2.24, 2.45) is 13.0 Å². The number of carbonyl (C=O) groups excluding carboxylic acids is 1. The normalized spacial score (nSPS) is 15.8. The van der Waals surface area contributed by atoms with Crippen molar-refractivity contribution in [3.8, 4) is 0 Å². The van der Waals surface area contributed by atoms with Crippen molar-refractivity contribution in [2.75, 3.05) is 23.3 Å². The van der Waals surface area contributed by atoms with Gasteiger partial charge in [0.25, 0.3) is 6.01 Å². The van der Waals surface area contributed by atoms with Crippen LogP contribution in [0.25, 0.3) is 11.1 Å². The third-order valence-corrected chi connectivity index (χ3v) is 4.38. The first kappa shape index (κ1) is 14.7. The van der Waals surface area contributed by atoms with Crippen LogP contribution in [0, 0.1) is 5.92 Å². The second-order valence-electron chi connectivity index (χ2n) is 6.09. The monoisotopic (exact) mass is 325 g/mol. The molecule has 1 aliphatic rings. The summed E-state index contributed by atoms with van der Waals surface area (Å²) in [5, 5.41) is 7.06. The zero-order valence-electron chi connectivity index (χ0n) is 13.5. The summed E-state index contributed by atoms with van der Waals surface area (Å²) >= 11 is 0. The predicted octanol–water partition coefficient (Wildman–Crippen LogP) is 2.42. The Bertz CT molecular complexity index is 828. The Labute approximate surface area is 139 Å². The number of aromatic nitrogens is 3. The summed E-state index contributed by atoms with van der Waals surface area (Å²) in [4.78, 5) is 19.0. The molecule has 2 aromatic heterocycles. The summed E-state index contributed by atoms with van der Waals surface area (Å²) < 4.78 is 7.48. The quantitative estimate of drug-likeness (QED) is 0.800. The largest absolute Gasteiger partial charge is 0.423 e. The fraction of sp³-hybridized carbons (Fsp3) is 0.353. The van der Waals surface area contributed by atoms with E-state index in [1.165, 1.54) is 0 Å². The maximum Gasteiger partial charge on any atom is 0.298 e. The van der Waals surface area contributed by atoms with Gasteiger partial charge in [-0.2, -0.15) is 10.1 Å². The molecule has 0 unspecified atom stereocenters. The van der Waals surface area contributed by atoms with Gasteiger partial charge in [-0.1, -0.05) is 12.1 Å². The number of piperidine rings is 1. The Balaban J connectivity index is 1.38. The Morgan fingerprint density at radius 2 is 2.04 bits per heavy atom. The van der Waals surface area contributed by atoms with Crippen LogP contribution in [0.4, 0.5) is 11.8 Å². The second-order valence-corrected chi connectivity index (χ2v) is 6.09. The first-order valence-electron chi connectivity index (χ1n) is 8.10. The van der Waals surface area contributed by atoms with Gasteiger partial charge in [-0.15, -0.1) is 0 Å². The van der Waals surface area contributed by atoms with Crippen LogP contribution in [0.3, 0.4) is 0 Å². The number of hydrogen-bond donors (Lipinski definition) is 1. The van der Waals surface area contributed by atoms with Gasteiger partial charge in [0.2, 0.25) is 5.91 Å². The van der Waals surface area contributed by atoms with Crippen molar-refractivity contribution in [3.05, 3.63) is 36.5 Å². The molecule has 3 heterocycles. The van der Waals surface area contributed by atoms with E-state index in [9.17, 15) is 4.79 Å². The molecule has 0 spiro atoms. The van der Waals surface area contributed by atoms with Crippen LogP contribution < -0.4 is 10.2 Å². The highest BCUT2D eigenvalue weighted by atomic mass is 16.4. The Morgan fingerprint density at radius 1 is 1.25 bits per heavy atom. The molecule has 4 rings (SSSR count). The lowest BCUT2D eigenvalue weighted by atomic mass is 9.96. The molecule has 7 nitrogen and oxygen atoms in total. The molecule has 1 saturated heterocycles. The van der Waals surface area contributed by atoms with Crippen molar-refractivity contribution in [1.82, 2.24) is 14.8 Å². The maximum atomic E-state index is 12.3. The average Bonchev–Trinajstić information content (AvgIpc) is 3.21. The number of carbonyl (C=O) groups is 1. The molecular weight excluding hydrogens is 306 g/mol. The molecule has 1 aliphatic heterocycles. The molecule has 1 aromatic carbocycles. The molecule has 24 heavy (non-hydrogen) atoms. The molecule has 0 saturated carbocycles. The number of nitrogens with zero attached hydrogens (tertiary/aromatic N) is 4. The maximum absolute atomic E-state index is 12.3. The van der Waals surface area contributed by atoms with Crippen LogP contribution in [0.2, 0.25) is 0 Å². The molecule has 3 aromatic rings. The fourth-order valence-electron chi connectivity index (χ4n) is 3.04. The minimum Gasteiger partial charge on any atom is -0.423 e. The van der Waals surface area contributed by atoms with Gasteiger partial charge in [0.15, 0.2) is 11.4 Å². The molecule has 124 valence electrons. The molecule has 0 aliphatic carbocycles. The van der Waals surface area contributed by atoms with Crippen LogP contribution in [-0.4, -0.2) is 33.8 Å². The number of benzene rings is 1. The van der Waals surface area contributed by atoms with Gasteiger partial charge in [-0.3, -0.25) is 9.48 Å². The van der Waals surface area contributed by atoms with Crippen LogP contribution in [0.15, 0.2) is 40.9 Å². The van der Waals surface area contributed by atoms with E-state index in [0.717, 1.165) is 37.0 Å². The lowest BCUT2D eigenvalue weighted by molar-refractivity contribution is -0.120. The van der Waals surface area contributed by atoms with Crippen molar-refractivity contribution >= 4 is 28.8 Å². The van der Waals surface area contributed by atoms with Crippen molar-refractivity contribution < 1.29 is 9.21 Å². The van der Waals surface area contributed by atoms with Crippen LogP contribution in [0.1, 0.15) is 12.8 Å². The number of para-hydroxylation sites is 2. The van der Waals surface area contributed by atoms with E-state index in [-0.39, 0.29) is 11.8 Å². The van der Waals surface area contributed by atoms with Crippen LogP contribution in [0.5, 0.6) is 0 Å². The van der Waals surface area contributed by atoms with E-state index in [4.69, 9.17) is 4.42 Å². The van der Waals surface area contributed by atoms with Crippen LogP contribution in [-0.2, 0) is 11.8 Å². The highest BCUT2D eigenvalue weighted by Gasteiger charge is 2.27. The molecule has 0 bridgehead atoms. The number of hydrogen-bond acceptors (Lipinski definition) is 5.